The SMILES string of the molecule is Cc1cccc2c1c(Cn1c(=O)n([C@H](CC(=O)O)c3ccccc3)c3cc(C#N)ccc31)cn2C. The van der Waals surface area contributed by atoms with E-state index in [0.717, 1.165) is 27.6 Å². The van der Waals surface area contributed by atoms with Crippen molar-refractivity contribution in [2.24, 2.45) is 7.05 Å². The van der Waals surface area contributed by atoms with E-state index >= 15 is 0 Å². The van der Waals surface area contributed by atoms with Gasteiger partial charge in [0.1, 0.15) is 0 Å². The molecule has 0 saturated carbocycles. The Bertz CT molecular complexity index is 1680. The summed E-state index contributed by atoms with van der Waals surface area (Å²) in [6, 6.07) is 21.8. The molecule has 2 aromatic heterocycles. The third-order valence-corrected chi connectivity index (χ3v) is 6.59. The maximum Gasteiger partial charge on any atom is 0.330 e. The molecule has 7 nitrogen and oxygen atoms in total. The fourth-order valence-electron chi connectivity index (χ4n) is 5.03. The lowest BCUT2D eigenvalue weighted by Crippen LogP contribution is -2.29. The number of fused-ring (bicyclic) bond motifs is 2. The van der Waals surface area contributed by atoms with Crippen LogP contribution in [0.15, 0.2) is 77.7 Å². The molecule has 7 heteroatoms. The summed E-state index contributed by atoms with van der Waals surface area (Å²) >= 11 is 0. The van der Waals surface area contributed by atoms with Crippen molar-refractivity contribution in [3.05, 3.63) is 106 Å². The summed E-state index contributed by atoms with van der Waals surface area (Å²) in [5, 5.41) is 20.3. The number of aromatic nitrogens is 3. The second-order valence-corrected chi connectivity index (χ2v) is 8.81. The van der Waals surface area contributed by atoms with Gasteiger partial charge in [0.15, 0.2) is 0 Å². The van der Waals surface area contributed by atoms with Gasteiger partial charge in [-0.15, -0.1) is 0 Å². The molecular formula is C28H24N4O3. The van der Waals surface area contributed by atoms with Crippen LogP contribution in [0.5, 0.6) is 0 Å². The van der Waals surface area contributed by atoms with Crippen molar-refractivity contribution >= 4 is 27.9 Å². The van der Waals surface area contributed by atoms with Crippen LogP contribution in [0, 0.1) is 18.3 Å². The molecule has 2 heterocycles. The molecule has 1 atom stereocenters. The zero-order chi connectivity index (χ0) is 24.7. The van der Waals surface area contributed by atoms with E-state index in [1.807, 2.05) is 54.2 Å². The number of benzene rings is 3. The molecule has 0 aliphatic carbocycles. The number of aryl methyl sites for hydroxylation is 2. The van der Waals surface area contributed by atoms with Crippen LogP contribution in [0.4, 0.5) is 0 Å². The van der Waals surface area contributed by atoms with Gasteiger partial charge in [0.05, 0.1) is 41.7 Å². The Kier molecular flexibility index (Phi) is 5.50. The first-order valence-corrected chi connectivity index (χ1v) is 11.3. The molecule has 0 aliphatic rings. The molecule has 0 spiro atoms. The Hall–Kier alpha value is -4.57. The lowest BCUT2D eigenvalue weighted by Gasteiger charge is -2.17. The summed E-state index contributed by atoms with van der Waals surface area (Å²) in [5.41, 5.74) is 5.22. The van der Waals surface area contributed by atoms with Crippen LogP contribution in [0.25, 0.3) is 21.9 Å². The van der Waals surface area contributed by atoms with Gasteiger partial charge in [0, 0.05) is 24.1 Å². The van der Waals surface area contributed by atoms with Crippen LogP contribution >= 0.6 is 0 Å². The van der Waals surface area contributed by atoms with Crippen molar-refractivity contribution < 1.29 is 9.90 Å². The van der Waals surface area contributed by atoms with Crippen molar-refractivity contribution in [1.82, 2.24) is 13.7 Å². The number of aliphatic carboxylic acids is 1. The highest BCUT2D eigenvalue weighted by molar-refractivity contribution is 5.87. The molecular weight excluding hydrogens is 440 g/mol. The lowest BCUT2D eigenvalue weighted by atomic mass is 10.0. The van der Waals surface area contributed by atoms with Crippen molar-refractivity contribution in [2.75, 3.05) is 0 Å². The molecule has 0 unspecified atom stereocenters. The molecule has 0 saturated heterocycles. The quantitative estimate of drug-likeness (QED) is 0.398. The molecule has 3 aromatic carbocycles. The predicted octanol–water partition coefficient (Wildman–Crippen LogP) is 4.59. The number of nitrogens with zero attached hydrogens (tertiary/aromatic N) is 4. The minimum Gasteiger partial charge on any atom is -0.481 e. The summed E-state index contributed by atoms with van der Waals surface area (Å²) in [5.74, 6) is -1.01. The van der Waals surface area contributed by atoms with Crippen LogP contribution in [0.2, 0.25) is 0 Å². The van der Waals surface area contributed by atoms with Gasteiger partial charge in [0.2, 0.25) is 0 Å². The predicted molar refractivity (Wildman–Crippen MR) is 135 cm³/mol. The Morgan fingerprint density at radius 3 is 2.51 bits per heavy atom. The highest BCUT2D eigenvalue weighted by Crippen LogP contribution is 2.29. The largest absolute Gasteiger partial charge is 0.481 e. The van der Waals surface area contributed by atoms with Gasteiger partial charge in [0.25, 0.3) is 0 Å². The number of rotatable bonds is 6. The lowest BCUT2D eigenvalue weighted by molar-refractivity contribution is -0.137. The van der Waals surface area contributed by atoms with Gasteiger partial charge < -0.3 is 9.67 Å². The van der Waals surface area contributed by atoms with E-state index < -0.39 is 12.0 Å². The van der Waals surface area contributed by atoms with Gasteiger partial charge in [-0.05, 0) is 47.9 Å². The molecule has 174 valence electrons. The fraction of sp³-hybridized carbons (Fsp3) is 0.179. The second-order valence-electron chi connectivity index (χ2n) is 8.81. The average Bonchev–Trinajstić information content (AvgIpc) is 3.32. The van der Waals surface area contributed by atoms with Crippen LogP contribution < -0.4 is 5.69 Å². The van der Waals surface area contributed by atoms with Crippen molar-refractivity contribution in [3.63, 3.8) is 0 Å². The summed E-state index contributed by atoms with van der Waals surface area (Å²) in [6.45, 7) is 2.38. The normalized spacial score (nSPS) is 12.1. The number of hydrogen-bond donors (Lipinski definition) is 1. The molecule has 0 fully saturated rings. The fourth-order valence-corrected chi connectivity index (χ4v) is 5.03. The summed E-state index contributed by atoms with van der Waals surface area (Å²) < 4.78 is 5.25. The third kappa shape index (κ3) is 3.79. The minimum absolute atomic E-state index is 0.257. The summed E-state index contributed by atoms with van der Waals surface area (Å²) in [4.78, 5) is 25.8. The highest BCUT2D eigenvalue weighted by atomic mass is 16.4. The van der Waals surface area contributed by atoms with Gasteiger partial charge in [-0.1, -0.05) is 42.5 Å². The first kappa shape index (κ1) is 22.2. The number of carboxylic acid groups (broad SMARTS) is 1. The van der Waals surface area contributed by atoms with Crippen LogP contribution in [-0.4, -0.2) is 24.8 Å². The van der Waals surface area contributed by atoms with E-state index in [2.05, 4.69) is 25.1 Å². The topological polar surface area (TPSA) is 93.0 Å². The van der Waals surface area contributed by atoms with Crippen molar-refractivity contribution in [3.8, 4) is 6.07 Å². The number of carbonyl (C=O) groups is 1. The Labute approximate surface area is 201 Å². The maximum atomic E-state index is 14.0. The van der Waals surface area contributed by atoms with Crippen LogP contribution in [-0.2, 0) is 18.4 Å². The molecule has 35 heavy (non-hydrogen) atoms. The van der Waals surface area contributed by atoms with Gasteiger partial charge >= 0.3 is 11.7 Å². The smallest absolute Gasteiger partial charge is 0.330 e. The standard InChI is InChI=1S/C28H24N4O3/c1-18-7-6-10-23-27(18)21(16-30(23)2)17-31-22-12-11-19(15-29)13-25(22)32(28(31)35)24(14-26(33)34)20-8-4-3-5-9-20/h3-13,16,24H,14,17H2,1-2H3,(H,33,34)/t24-/m1/s1. The average molecular weight is 465 g/mol. The zero-order valence-corrected chi connectivity index (χ0v) is 19.5. The van der Waals surface area contributed by atoms with Gasteiger partial charge in [-0.25, -0.2) is 4.79 Å². The van der Waals surface area contributed by atoms with Gasteiger partial charge in [-0.3, -0.25) is 13.9 Å². The van der Waals surface area contributed by atoms with E-state index in [1.54, 1.807) is 22.8 Å². The van der Waals surface area contributed by atoms with E-state index in [4.69, 9.17) is 0 Å². The first-order chi connectivity index (χ1) is 16.9. The van der Waals surface area contributed by atoms with Crippen LogP contribution in [0.1, 0.15) is 34.7 Å². The number of imidazole rings is 1. The molecule has 0 amide bonds. The molecule has 1 N–H and O–H groups in total. The van der Waals surface area contributed by atoms with Gasteiger partial charge in [-0.2, -0.15) is 5.26 Å². The van der Waals surface area contributed by atoms with E-state index in [0.29, 0.717) is 23.1 Å². The van der Waals surface area contributed by atoms with E-state index in [1.165, 1.54) is 4.57 Å². The Balaban J connectivity index is 1.77. The summed E-state index contributed by atoms with van der Waals surface area (Å²) in [7, 11) is 1.98. The Morgan fingerprint density at radius 2 is 1.80 bits per heavy atom. The van der Waals surface area contributed by atoms with E-state index in [9.17, 15) is 20.0 Å². The number of hydrogen-bond acceptors (Lipinski definition) is 3. The molecule has 5 aromatic rings. The second kappa shape index (κ2) is 8.65. The number of nitriles is 1. The van der Waals surface area contributed by atoms with Crippen LogP contribution in [0.3, 0.4) is 0 Å². The highest BCUT2D eigenvalue weighted by Gasteiger charge is 2.25. The van der Waals surface area contributed by atoms with Crippen molar-refractivity contribution in [1.29, 1.82) is 5.26 Å². The number of carboxylic acids is 1. The third-order valence-electron chi connectivity index (χ3n) is 6.59. The molecule has 5 rings (SSSR count). The summed E-state index contributed by atoms with van der Waals surface area (Å²) in [6.07, 6.45) is 1.77. The molecule has 0 aliphatic heterocycles. The monoisotopic (exact) mass is 464 g/mol. The van der Waals surface area contributed by atoms with Crippen molar-refractivity contribution in [2.45, 2.75) is 25.9 Å². The Morgan fingerprint density at radius 1 is 1.03 bits per heavy atom. The molecule has 0 radical (unpaired) electrons. The zero-order valence-electron chi connectivity index (χ0n) is 19.5. The maximum absolute atomic E-state index is 14.0. The van der Waals surface area contributed by atoms with E-state index in [-0.39, 0.29) is 12.1 Å². The molecule has 0 bridgehead atoms. The first-order valence-electron chi connectivity index (χ1n) is 11.3. The minimum atomic E-state index is -1.01.